The predicted molar refractivity (Wildman–Crippen MR) is 106 cm³/mol. The van der Waals surface area contributed by atoms with Gasteiger partial charge in [-0.05, 0) is 30.5 Å². The first-order valence-electron chi connectivity index (χ1n) is 9.27. The van der Waals surface area contributed by atoms with Crippen molar-refractivity contribution in [2.45, 2.75) is 33.2 Å². The zero-order chi connectivity index (χ0) is 19.6. The molecule has 0 bridgehead atoms. The largest absolute Gasteiger partial charge is 0.492 e. The van der Waals surface area contributed by atoms with E-state index in [1.54, 1.807) is 0 Å². The van der Waals surface area contributed by atoms with Crippen LogP contribution in [0, 0.1) is 12.8 Å². The van der Waals surface area contributed by atoms with Gasteiger partial charge >= 0.3 is 0 Å². The molecule has 0 aromatic heterocycles. The van der Waals surface area contributed by atoms with Crippen molar-refractivity contribution in [3.8, 4) is 5.75 Å². The van der Waals surface area contributed by atoms with Gasteiger partial charge in [-0.25, -0.2) is 0 Å². The SMILES string of the molecule is Cc1ccc(OCCNC(=O)C(NC(=O)CC(C)C)c2ccccc2)cc1. The van der Waals surface area contributed by atoms with E-state index in [1.807, 2.05) is 75.4 Å². The molecule has 0 aliphatic rings. The fourth-order valence-electron chi connectivity index (χ4n) is 2.62. The van der Waals surface area contributed by atoms with Crippen molar-refractivity contribution in [3.63, 3.8) is 0 Å². The average molecular weight is 368 g/mol. The van der Waals surface area contributed by atoms with Crippen LogP contribution in [0.1, 0.15) is 37.4 Å². The Balaban J connectivity index is 1.90. The van der Waals surface area contributed by atoms with Gasteiger partial charge < -0.3 is 15.4 Å². The Morgan fingerprint density at radius 2 is 1.67 bits per heavy atom. The highest BCUT2D eigenvalue weighted by atomic mass is 16.5. The van der Waals surface area contributed by atoms with E-state index in [9.17, 15) is 9.59 Å². The average Bonchev–Trinajstić information content (AvgIpc) is 2.64. The molecule has 0 fully saturated rings. The van der Waals surface area contributed by atoms with E-state index in [4.69, 9.17) is 4.74 Å². The van der Waals surface area contributed by atoms with E-state index >= 15 is 0 Å². The molecule has 0 heterocycles. The van der Waals surface area contributed by atoms with Crippen LogP contribution in [0.25, 0.3) is 0 Å². The molecule has 2 aromatic rings. The van der Waals surface area contributed by atoms with E-state index in [2.05, 4.69) is 10.6 Å². The summed E-state index contributed by atoms with van der Waals surface area (Å²) in [4.78, 5) is 24.8. The number of rotatable bonds is 9. The molecular formula is C22H28N2O3. The van der Waals surface area contributed by atoms with Gasteiger partial charge in [-0.3, -0.25) is 9.59 Å². The number of ether oxygens (including phenoxy) is 1. The second-order valence-corrected chi connectivity index (χ2v) is 6.96. The summed E-state index contributed by atoms with van der Waals surface area (Å²) in [7, 11) is 0. The molecule has 2 N–H and O–H groups in total. The lowest BCUT2D eigenvalue weighted by Gasteiger charge is -2.19. The maximum atomic E-state index is 12.6. The molecule has 5 nitrogen and oxygen atoms in total. The van der Waals surface area contributed by atoms with Gasteiger partial charge in [0.2, 0.25) is 11.8 Å². The lowest BCUT2D eigenvalue weighted by atomic mass is 10.0. The Morgan fingerprint density at radius 3 is 2.30 bits per heavy atom. The van der Waals surface area contributed by atoms with Gasteiger partial charge in [-0.15, -0.1) is 0 Å². The maximum Gasteiger partial charge on any atom is 0.247 e. The summed E-state index contributed by atoms with van der Waals surface area (Å²) in [6.45, 7) is 6.67. The van der Waals surface area contributed by atoms with E-state index in [0.717, 1.165) is 11.3 Å². The summed E-state index contributed by atoms with van der Waals surface area (Å²) in [5, 5.41) is 5.68. The summed E-state index contributed by atoms with van der Waals surface area (Å²) >= 11 is 0. The smallest absolute Gasteiger partial charge is 0.247 e. The standard InChI is InChI=1S/C22H28N2O3/c1-16(2)15-20(25)24-21(18-7-5-4-6-8-18)22(26)23-13-14-27-19-11-9-17(3)10-12-19/h4-12,16,21H,13-15H2,1-3H3,(H,23,26)(H,24,25). The fourth-order valence-corrected chi connectivity index (χ4v) is 2.62. The van der Waals surface area contributed by atoms with Crippen LogP contribution in [0.5, 0.6) is 5.75 Å². The van der Waals surface area contributed by atoms with Crippen LogP contribution >= 0.6 is 0 Å². The van der Waals surface area contributed by atoms with Crippen molar-refractivity contribution in [2.75, 3.05) is 13.2 Å². The topological polar surface area (TPSA) is 67.4 Å². The Bertz CT molecular complexity index is 727. The monoisotopic (exact) mass is 368 g/mol. The molecule has 144 valence electrons. The highest BCUT2D eigenvalue weighted by Gasteiger charge is 2.22. The quantitative estimate of drug-likeness (QED) is 0.667. The first-order chi connectivity index (χ1) is 13.0. The zero-order valence-corrected chi connectivity index (χ0v) is 16.2. The van der Waals surface area contributed by atoms with Gasteiger partial charge in [0, 0.05) is 6.42 Å². The first kappa shape index (κ1) is 20.5. The molecule has 0 saturated carbocycles. The highest BCUT2D eigenvalue weighted by molar-refractivity contribution is 5.88. The Morgan fingerprint density at radius 1 is 1.00 bits per heavy atom. The number of nitrogens with one attached hydrogen (secondary N) is 2. The number of carbonyl (C=O) groups is 2. The minimum atomic E-state index is -0.711. The molecule has 1 unspecified atom stereocenters. The van der Waals surface area contributed by atoms with Crippen molar-refractivity contribution in [1.82, 2.24) is 10.6 Å². The van der Waals surface area contributed by atoms with E-state index in [-0.39, 0.29) is 17.7 Å². The summed E-state index contributed by atoms with van der Waals surface area (Å²) in [5.74, 6) is 0.614. The van der Waals surface area contributed by atoms with Crippen molar-refractivity contribution < 1.29 is 14.3 Å². The third kappa shape index (κ3) is 7.13. The Kier molecular flexibility index (Phi) is 7.86. The molecule has 2 aromatic carbocycles. The molecule has 0 radical (unpaired) electrons. The van der Waals surface area contributed by atoms with Crippen molar-refractivity contribution in [3.05, 3.63) is 65.7 Å². The Labute approximate surface area is 161 Å². The van der Waals surface area contributed by atoms with E-state index in [0.29, 0.717) is 19.6 Å². The molecule has 0 saturated heterocycles. The number of hydrogen-bond donors (Lipinski definition) is 2. The molecule has 1 atom stereocenters. The van der Waals surface area contributed by atoms with Crippen LogP contribution in [-0.4, -0.2) is 25.0 Å². The normalized spacial score (nSPS) is 11.7. The number of hydrogen-bond acceptors (Lipinski definition) is 3. The van der Waals surface area contributed by atoms with Crippen LogP contribution < -0.4 is 15.4 Å². The third-order valence-electron chi connectivity index (χ3n) is 3.99. The van der Waals surface area contributed by atoms with Gasteiger partial charge in [0.25, 0.3) is 0 Å². The number of amides is 2. The molecule has 5 heteroatoms. The first-order valence-corrected chi connectivity index (χ1v) is 9.27. The second-order valence-electron chi connectivity index (χ2n) is 6.96. The lowest BCUT2D eigenvalue weighted by molar-refractivity contribution is -0.129. The minimum absolute atomic E-state index is 0.134. The molecule has 0 aliphatic heterocycles. The second kappa shape index (κ2) is 10.4. The molecule has 0 spiro atoms. The minimum Gasteiger partial charge on any atom is -0.492 e. The maximum absolute atomic E-state index is 12.6. The molecule has 27 heavy (non-hydrogen) atoms. The number of aryl methyl sites for hydroxylation is 1. The number of benzene rings is 2. The van der Waals surface area contributed by atoms with Crippen molar-refractivity contribution >= 4 is 11.8 Å². The summed E-state index contributed by atoms with van der Waals surface area (Å²) in [6.07, 6.45) is 0.382. The number of carbonyl (C=O) groups excluding carboxylic acids is 2. The van der Waals surface area contributed by atoms with Crippen molar-refractivity contribution in [1.29, 1.82) is 0 Å². The van der Waals surface area contributed by atoms with Crippen LogP contribution in [0.2, 0.25) is 0 Å². The zero-order valence-electron chi connectivity index (χ0n) is 16.2. The molecule has 0 aliphatic carbocycles. The van der Waals surface area contributed by atoms with E-state index < -0.39 is 6.04 Å². The molecule has 2 rings (SSSR count). The molecule has 2 amide bonds. The summed E-state index contributed by atoms with van der Waals surface area (Å²) in [6, 6.07) is 16.3. The van der Waals surface area contributed by atoms with Gasteiger partial charge in [-0.1, -0.05) is 61.9 Å². The van der Waals surface area contributed by atoms with E-state index in [1.165, 1.54) is 5.56 Å². The van der Waals surface area contributed by atoms with Crippen LogP contribution in [0.3, 0.4) is 0 Å². The summed E-state index contributed by atoms with van der Waals surface area (Å²) in [5.41, 5.74) is 1.92. The fraction of sp³-hybridized carbons (Fsp3) is 0.364. The van der Waals surface area contributed by atoms with Gasteiger partial charge in [-0.2, -0.15) is 0 Å². The van der Waals surface area contributed by atoms with Gasteiger partial charge in [0.1, 0.15) is 18.4 Å². The third-order valence-corrected chi connectivity index (χ3v) is 3.99. The van der Waals surface area contributed by atoms with Crippen molar-refractivity contribution in [2.24, 2.45) is 5.92 Å². The van der Waals surface area contributed by atoms with Crippen LogP contribution in [0.15, 0.2) is 54.6 Å². The lowest BCUT2D eigenvalue weighted by Crippen LogP contribution is -2.41. The molecular weight excluding hydrogens is 340 g/mol. The summed E-state index contributed by atoms with van der Waals surface area (Å²) < 4.78 is 5.63. The van der Waals surface area contributed by atoms with Crippen LogP contribution in [0.4, 0.5) is 0 Å². The predicted octanol–water partition coefficient (Wildman–Crippen LogP) is 3.39. The van der Waals surface area contributed by atoms with Gasteiger partial charge in [0.05, 0.1) is 6.54 Å². The van der Waals surface area contributed by atoms with Crippen LogP contribution in [-0.2, 0) is 9.59 Å². The Hall–Kier alpha value is -2.82. The highest BCUT2D eigenvalue weighted by Crippen LogP contribution is 2.14. The van der Waals surface area contributed by atoms with Gasteiger partial charge in [0.15, 0.2) is 0 Å².